The Morgan fingerprint density at radius 3 is 2.50 bits per heavy atom. The van der Waals surface area contributed by atoms with Gasteiger partial charge in [-0.2, -0.15) is 10.2 Å². The Bertz CT molecular complexity index is 711. The van der Waals surface area contributed by atoms with Gasteiger partial charge in [-0.3, -0.25) is 0 Å². The Balaban J connectivity index is 2.18. The average Bonchev–Trinajstić information content (AvgIpc) is 2.86. The summed E-state index contributed by atoms with van der Waals surface area (Å²) in [4.78, 5) is 0. The first kappa shape index (κ1) is 13.1. The van der Waals surface area contributed by atoms with Gasteiger partial charge < -0.3 is 0 Å². The van der Waals surface area contributed by atoms with Gasteiger partial charge in [-0.15, -0.1) is 16.7 Å². The highest BCUT2D eigenvalue weighted by atomic mass is 35.5. The maximum absolute atomic E-state index is 6.36. The smallest absolute Gasteiger partial charge is 0.177 e. The number of benzene rings is 1. The molecule has 0 spiro atoms. The van der Waals surface area contributed by atoms with Crippen LogP contribution in [0.2, 0.25) is 5.15 Å². The van der Waals surface area contributed by atoms with Gasteiger partial charge in [-0.05, 0) is 12.1 Å². The van der Waals surface area contributed by atoms with Crippen molar-refractivity contribution in [1.82, 2.24) is 20.0 Å². The fraction of sp³-hybridized carbons (Fsp3) is 0.0714. The summed E-state index contributed by atoms with van der Waals surface area (Å²) in [5.41, 5.74) is 2.51. The first-order valence-corrected chi connectivity index (χ1v) is 6.89. The summed E-state index contributed by atoms with van der Waals surface area (Å²) in [6, 6.07) is 13.4. The molecule has 0 saturated carbocycles. The number of alkyl halides is 1. The SMILES string of the molecule is ClCc1c(-c2ccccc2)nn(-c2cccnn2)c1Cl. The van der Waals surface area contributed by atoms with Crippen LogP contribution in [0.5, 0.6) is 0 Å². The Morgan fingerprint density at radius 2 is 1.85 bits per heavy atom. The van der Waals surface area contributed by atoms with Crippen LogP contribution in [0.15, 0.2) is 48.7 Å². The van der Waals surface area contributed by atoms with E-state index in [9.17, 15) is 0 Å². The molecule has 1 aromatic carbocycles. The summed E-state index contributed by atoms with van der Waals surface area (Å²) in [6.45, 7) is 0. The lowest BCUT2D eigenvalue weighted by atomic mass is 10.1. The molecule has 0 fully saturated rings. The predicted octanol–water partition coefficient (Wildman–Crippen LogP) is 3.72. The molecule has 0 aliphatic heterocycles. The van der Waals surface area contributed by atoms with Crippen LogP contribution in [0.1, 0.15) is 5.56 Å². The van der Waals surface area contributed by atoms with Crippen LogP contribution in [0, 0.1) is 0 Å². The van der Waals surface area contributed by atoms with Crippen LogP contribution in [0.4, 0.5) is 0 Å². The largest absolute Gasteiger partial charge is 0.201 e. The molecule has 100 valence electrons. The fourth-order valence-corrected chi connectivity index (χ4v) is 2.54. The van der Waals surface area contributed by atoms with Crippen molar-refractivity contribution >= 4 is 23.2 Å². The molecule has 0 atom stereocenters. The number of nitrogens with zero attached hydrogens (tertiary/aromatic N) is 4. The molecule has 0 bridgehead atoms. The molecule has 3 aromatic rings. The Hall–Kier alpha value is -1.91. The third kappa shape index (κ3) is 2.28. The minimum absolute atomic E-state index is 0.281. The molecule has 2 aromatic heterocycles. The number of aromatic nitrogens is 4. The van der Waals surface area contributed by atoms with E-state index in [1.54, 1.807) is 23.0 Å². The molecule has 4 nitrogen and oxygen atoms in total. The first-order chi connectivity index (χ1) is 9.81. The first-order valence-electron chi connectivity index (χ1n) is 5.98. The summed E-state index contributed by atoms with van der Waals surface area (Å²) >= 11 is 12.4. The third-order valence-electron chi connectivity index (χ3n) is 2.88. The predicted molar refractivity (Wildman–Crippen MR) is 79.2 cm³/mol. The Kier molecular flexibility index (Phi) is 3.67. The number of rotatable bonds is 3. The lowest BCUT2D eigenvalue weighted by molar-refractivity contribution is 0.817. The molecule has 0 N–H and O–H groups in total. The van der Waals surface area contributed by atoms with E-state index in [1.807, 2.05) is 30.3 Å². The van der Waals surface area contributed by atoms with Gasteiger partial charge in [0.2, 0.25) is 0 Å². The molecule has 0 saturated heterocycles. The minimum atomic E-state index is 0.281. The van der Waals surface area contributed by atoms with Crippen molar-refractivity contribution < 1.29 is 0 Å². The minimum Gasteiger partial charge on any atom is -0.201 e. The highest BCUT2D eigenvalue weighted by Gasteiger charge is 2.18. The number of hydrogen-bond acceptors (Lipinski definition) is 3. The van der Waals surface area contributed by atoms with Gasteiger partial charge in [0, 0.05) is 17.3 Å². The molecule has 20 heavy (non-hydrogen) atoms. The van der Waals surface area contributed by atoms with Gasteiger partial charge in [-0.25, -0.2) is 4.68 Å². The molecule has 3 rings (SSSR count). The van der Waals surface area contributed by atoms with E-state index in [2.05, 4.69) is 15.3 Å². The Labute approximate surface area is 126 Å². The van der Waals surface area contributed by atoms with E-state index in [0.29, 0.717) is 11.0 Å². The second-order valence-electron chi connectivity index (χ2n) is 4.11. The van der Waals surface area contributed by atoms with E-state index in [1.165, 1.54) is 0 Å². The van der Waals surface area contributed by atoms with Gasteiger partial charge in [0.05, 0.1) is 11.6 Å². The van der Waals surface area contributed by atoms with Crippen molar-refractivity contribution in [3.05, 3.63) is 59.4 Å². The highest BCUT2D eigenvalue weighted by Crippen LogP contribution is 2.31. The molecular formula is C14H10Cl2N4. The van der Waals surface area contributed by atoms with Crippen LogP contribution in [0.3, 0.4) is 0 Å². The summed E-state index contributed by atoms with van der Waals surface area (Å²) in [5.74, 6) is 0.842. The lowest BCUT2D eigenvalue weighted by Crippen LogP contribution is -2.00. The van der Waals surface area contributed by atoms with Crippen molar-refractivity contribution in [3.63, 3.8) is 0 Å². The van der Waals surface area contributed by atoms with Crippen molar-refractivity contribution in [3.8, 4) is 17.1 Å². The molecular weight excluding hydrogens is 295 g/mol. The molecule has 0 radical (unpaired) electrons. The van der Waals surface area contributed by atoms with Crippen molar-refractivity contribution in [2.75, 3.05) is 0 Å². The third-order valence-corrected chi connectivity index (χ3v) is 3.53. The molecule has 6 heteroatoms. The normalized spacial score (nSPS) is 10.7. The summed E-state index contributed by atoms with van der Waals surface area (Å²) in [5, 5.41) is 12.8. The monoisotopic (exact) mass is 304 g/mol. The van der Waals surface area contributed by atoms with Crippen molar-refractivity contribution in [2.24, 2.45) is 0 Å². The van der Waals surface area contributed by atoms with Gasteiger partial charge >= 0.3 is 0 Å². The molecule has 0 unspecified atom stereocenters. The van der Waals surface area contributed by atoms with E-state index in [4.69, 9.17) is 23.2 Å². The van der Waals surface area contributed by atoms with Crippen LogP contribution in [-0.2, 0) is 5.88 Å². The highest BCUT2D eigenvalue weighted by molar-refractivity contribution is 6.32. The van der Waals surface area contributed by atoms with Crippen LogP contribution < -0.4 is 0 Å². The molecule has 2 heterocycles. The Morgan fingerprint density at radius 1 is 1.05 bits per heavy atom. The van der Waals surface area contributed by atoms with Crippen LogP contribution >= 0.6 is 23.2 Å². The van der Waals surface area contributed by atoms with Gasteiger partial charge in [0.25, 0.3) is 0 Å². The van der Waals surface area contributed by atoms with Gasteiger partial charge in [0.15, 0.2) is 5.82 Å². The number of hydrogen-bond donors (Lipinski definition) is 0. The van der Waals surface area contributed by atoms with E-state index in [-0.39, 0.29) is 5.88 Å². The maximum atomic E-state index is 6.36. The van der Waals surface area contributed by atoms with Gasteiger partial charge in [0.1, 0.15) is 5.15 Å². The van der Waals surface area contributed by atoms with E-state index < -0.39 is 0 Å². The van der Waals surface area contributed by atoms with E-state index in [0.717, 1.165) is 16.8 Å². The zero-order valence-corrected chi connectivity index (χ0v) is 11.9. The lowest BCUT2D eigenvalue weighted by Gasteiger charge is -1.99. The second kappa shape index (κ2) is 5.61. The summed E-state index contributed by atoms with van der Waals surface area (Å²) in [6.07, 6.45) is 1.60. The molecule has 0 aliphatic rings. The average molecular weight is 305 g/mol. The zero-order valence-electron chi connectivity index (χ0n) is 10.4. The summed E-state index contributed by atoms with van der Waals surface area (Å²) in [7, 11) is 0. The second-order valence-corrected chi connectivity index (χ2v) is 4.74. The summed E-state index contributed by atoms with van der Waals surface area (Å²) < 4.78 is 1.55. The maximum Gasteiger partial charge on any atom is 0.177 e. The zero-order chi connectivity index (χ0) is 13.9. The topological polar surface area (TPSA) is 43.6 Å². The standard InChI is InChI=1S/C14H10Cl2N4/c15-9-11-13(10-5-2-1-3-6-10)19-20(14(11)16)12-7-4-8-17-18-12/h1-8H,9H2. The van der Waals surface area contributed by atoms with Crippen molar-refractivity contribution in [1.29, 1.82) is 0 Å². The quantitative estimate of drug-likeness (QED) is 0.693. The van der Waals surface area contributed by atoms with Crippen molar-refractivity contribution in [2.45, 2.75) is 5.88 Å². The molecule has 0 aliphatic carbocycles. The fourth-order valence-electron chi connectivity index (χ4n) is 1.93. The van der Waals surface area contributed by atoms with Crippen LogP contribution in [0.25, 0.3) is 17.1 Å². The van der Waals surface area contributed by atoms with Crippen LogP contribution in [-0.4, -0.2) is 20.0 Å². The van der Waals surface area contributed by atoms with E-state index >= 15 is 0 Å². The number of halogens is 2. The molecule has 0 amide bonds. The van der Waals surface area contributed by atoms with Gasteiger partial charge in [-0.1, -0.05) is 41.9 Å².